The van der Waals surface area contributed by atoms with Crippen LogP contribution in [0.5, 0.6) is 11.5 Å². The van der Waals surface area contributed by atoms with Crippen molar-refractivity contribution >= 4 is 35.0 Å². The molecule has 1 aliphatic heterocycles. The molecule has 0 saturated carbocycles. The first-order chi connectivity index (χ1) is 15.6. The van der Waals surface area contributed by atoms with Crippen molar-refractivity contribution in [3.63, 3.8) is 0 Å². The normalized spacial score (nSPS) is 15.5. The van der Waals surface area contributed by atoms with Gasteiger partial charge in [-0.25, -0.2) is 0 Å². The van der Waals surface area contributed by atoms with E-state index in [4.69, 9.17) is 9.47 Å². The molecular weight excluding hydrogens is 424 g/mol. The number of amides is 2. The summed E-state index contributed by atoms with van der Waals surface area (Å²) in [7, 11) is 3.19. The molecule has 4 rings (SSSR count). The largest absolute Gasteiger partial charge is 0.493 e. The second kappa shape index (κ2) is 9.78. The molecule has 6 nitrogen and oxygen atoms in total. The number of benzene rings is 3. The predicted molar refractivity (Wildman–Crippen MR) is 127 cm³/mol. The number of methoxy groups -OCH3 is 2. The van der Waals surface area contributed by atoms with Crippen LogP contribution < -0.4 is 19.7 Å². The lowest BCUT2D eigenvalue weighted by molar-refractivity contribution is -0.121. The number of carbonyl (C=O) groups is 2. The molecule has 0 bridgehead atoms. The van der Waals surface area contributed by atoms with E-state index in [1.54, 1.807) is 30.9 Å². The summed E-state index contributed by atoms with van der Waals surface area (Å²) in [6, 6.07) is 22.6. The van der Waals surface area contributed by atoms with E-state index in [0.29, 0.717) is 17.2 Å². The van der Waals surface area contributed by atoms with Gasteiger partial charge in [-0.05, 0) is 42.0 Å². The highest BCUT2D eigenvalue weighted by molar-refractivity contribution is 7.99. The zero-order valence-corrected chi connectivity index (χ0v) is 18.7. The molecule has 1 aliphatic rings. The van der Waals surface area contributed by atoms with Gasteiger partial charge in [0.25, 0.3) is 0 Å². The van der Waals surface area contributed by atoms with Crippen LogP contribution in [0.25, 0.3) is 0 Å². The molecule has 164 valence electrons. The molecule has 7 heteroatoms. The molecule has 0 aromatic heterocycles. The average Bonchev–Trinajstić information content (AvgIpc) is 2.95. The second-order valence-corrected chi connectivity index (χ2v) is 8.53. The minimum atomic E-state index is -0.242. The topological polar surface area (TPSA) is 67.9 Å². The summed E-state index contributed by atoms with van der Waals surface area (Å²) in [5.74, 6) is 0.912. The van der Waals surface area contributed by atoms with Gasteiger partial charge in [-0.1, -0.05) is 36.4 Å². The standard InChI is InChI=1S/C25H24N2O4S/c1-30-20-13-12-17(14-21(20)31-2)23-15-25(29)27(19-10-6-7-11-22(19)32-23)16-24(28)26-18-8-4-3-5-9-18/h3-14,23H,15-16H2,1-2H3,(H,26,28). The summed E-state index contributed by atoms with van der Waals surface area (Å²) in [6.07, 6.45) is 0.257. The number of para-hydroxylation sites is 2. The van der Waals surface area contributed by atoms with Crippen LogP contribution in [0.15, 0.2) is 77.7 Å². The van der Waals surface area contributed by atoms with Crippen molar-refractivity contribution in [1.29, 1.82) is 0 Å². The van der Waals surface area contributed by atoms with Crippen molar-refractivity contribution < 1.29 is 19.1 Å². The summed E-state index contributed by atoms with van der Waals surface area (Å²) in [6.45, 7) is -0.0516. The fourth-order valence-electron chi connectivity index (χ4n) is 3.66. The van der Waals surface area contributed by atoms with Crippen molar-refractivity contribution in [2.45, 2.75) is 16.6 Å². The van der Waals surface area contributed by atoms with Gasteiger partial charge in [0.05, 0.1) is 19.9 Å². The van der Waals surface area contributed by atoms with Crippen molar-refractivity contribution in [2.24, 2.45) is 0 Å². The Hall–Kier alpha value is -3.45. The molecule has 0 fully saturated rings. The lowest BCUT2D eigenvalue weighted by Crippen LogP contribution is -2.38. The van der Waals surface area contributed by atoms with Gasteiger partial charge in [-0.3, -0.25) is 9.59 Å². The second-order valence-electron chi connectivity index (χ2n) is 7.29. The van der Waals surface area contributed by atoms with E-state index >= 15 is 0 Å². The van der Waals surface area contributed by atoms with E-state index in [1.165, 1.54) is 0 Å². The first kappa shape index (κ1) is 21.8. The summed E-state index contributed by atoms with van der Waals surface area (Å²) in [5.41, 5.74) is 2.41. The highest BCUT2D eigenvalue weighted by Gasteiger charge is 2.30. The average molecular weight is 449 g/mol. The molecular formula is C25H24N2O4S. The Kier molecular flexibility index (Phi) is 6.66. The number of ether oxygens (including phenoxy) is 2. The molecule has 3 aromatic rings. The number of anilines is 2. The van der Waals surface area contributed by atoms with Crippen LogP contribution in [-0.2, 0) is 9.59 Å². The van der Waals surface area contributed by atoms with Crippen LogP contribution in [0, 0.1) is 0 Å². The van der Waals surface area contributed by atoms with Crippen LogP contribution in [0.1, 0.15) is 17.2 Å². The van der Waals surface area contributed by atoms with Crippen molar-refractivity contribution in [2.75, 3.05) is 31.0 Å². The molecule has 0 aliphatic carbocycles. The van der Waals surface area contributed by atoms with Crippen LogP contribution >= 0.6 is 11.8 Å². The van der Waals surface area contributed by atoms with E-state index in [2.05, 4.69) is 5.32 Å². The molecule has 1 N–H and O–H groups in total. The number of nitrogens with one attached hydrogen (secondary N) is 1. The van der Waals surface area contributed by atoms with Crippen molar-refractivity contribution in [1.82, 2.24) is 0 Å². The number of thioether (sulfide) groups is 1. The first-order valence-electron chi connectivity index (χ1n) is 10.2. The third kappa shape index (κ3) is 4.73. The van der Waals surface area contributed by atoms with Crippen molar-refractivity contribution in [3.05, 3.63) is 78.4 Å². The van der Waals surface area contributed by atoms with Crippen LogP contribution in [0.3, 0.4) is 0 Å². The molecule has 0 spiro atoms. The molecule has 1 atom stereocenters. The first-order valence-corrected chi connectivity index (χ1v) is 11.1. The van der Waals surface area contributed by atoms with E-state index in [-0.39, 0.29) is 30.0 Å². The SMILES string of the molecule is COc1ccc(C2CC(=O)N(CC(=O)Nc3ccccc3)c3ccccc3S2)cc1OC. The van der Waals surface area contributed by atoms with E-state index in [1.807, 2.05) is 72.8 Å². The number of nitrogens with zero attached hydrogens (tertiary/aromatic N) is 1. The summed E-state index contributed by atoms with van der Waals surface area (Å²) in [4.78, 5) is 28.5. The maximum Gasteiger partial charge on any atom is 0.244 e. The molecule has 2 amide bonds. The lowest BCUT2D eigenvalue weighted by Gasteiger charge is -2.22. The number of fused-ring (bicyclic) bond motifs is 1. The monoisotopic (exact) mass is 448 g/mol. The Bertz CT molecular complexity index is 1120. The highest BCUT2D eigenvalue weighted by atomic mass is 32.2. The Morgan fingerprint density at radius 3 is 2.47 bits per heavy atom. The molecule has 3 aromatic carbocycles. The van der Waals surface area contributed by atoms with Gasteiger partial charge in [0.1, 0.15) is 6.54 Å². The van der Waals surface area contributed by atoms with Gasteiger partial charge >= 0.3 is 0 Å². The van der Waals surface area contributed by atoms with Crippen LogP contribution in [0.2, 0.25) is 0 Å². The predicted octanol–water partition coefficient (Wildman–Crippen LogP) is 4.91. The molecule has 0 radical (unpaired) electrons. The third-order valence-corrected chi connectivity index (χ3v) is 6.55. The fourth-order valence-corrected chi connectivity index (χ4v) is 4.93. The van der Waals surface area contributed by atoms with Gasteiger partial charge in [0.2, 0.25) is 11.8 Å². The summed E-state index contributed by atoms with van der Waals surface area (Å²) in [5, 5.41) is 2.74. The van der Waals surface area contributed by atoms with Gasteiger partial charge in [-0.15, -0.1) is 11.8 Å². The Balaban J connectivity index is 1.60. The lowest BCUT2D eigenvalue weighted by atomic mass is 10.1. The zero-order valence-electron chi connectivity index (χ0n) is 17.9. The zero-order chi connectivity index (χ0) is 22.5. The maximum atomic E-state index is 13.3. The van der Waals surface area contributed by atoms with Gasteiger partial charge in [-0.2, -0.15) is 0 Å². The number of hydrogen-bond acceptors (Lipinski definition) is 5. The van der Waals surface area contributed by atoms with Gasteiger partial charge in [0, 0.05) is 22.3 Å². The fraction of sp³-hybridized carbons (Fsp3) is 0.200. The van der Waals surface area contributed by atoms with Crippen LogP contribution in [0.4, 0.5) is 11.4 Å². The van der Waals surface area contributed by atoms with Crippen LogP contribution in [-0.4, -0.2) is 32.6 Å². The maximum absolute atomic E-state index is 13.3. The van der Waals surface area contributed by atoms with E-state index in [9.17, 15) is 9.59 Å². The number of carbonyl (C=O) groups excluding carboxylic acids is 2. The minimum absolute atomic E-state index is 0.0516. The Morgan fingerprint density at radius 2 is 1.72 bits per heavy atom. The van der Waals surface area contributed by atoms with Gasteiger partial charge < -0.3 is 19.7 Å². The number of hydrogen-bond donors (Lipinski definition) is 1. The molecule has 32 heavy (non-hydrogen) atoms. The summed E-state index contributed by atoms with van der Waals surface area (Å²) >= 11 is 1.61. The number of rotatable bonds is 6. The summed E-state index contributed by atoms with van der Waals surface area (Å²) < 4.78 is 10.8. The van der Waals surface area contributed by atoms with Crippen molar-refractivity contribution in [3.8, 4) is 11.5 Å². The van der Waals surface area contributed by atoms with E-state index in [0.717, 1.165) is 16.1 Å². The minimum Gasteiger partial charge on any atom is -0.493 e. The van der Waals surface area contributed by atoms with Gasteiger partial charge in [0.15, 0.2) is 11.5 Å². The smallest absolute Gasteiger partial charge is 0.244 e. The highest BCUT2D eigenvalue weighted by Crippen LogP contribution is 2.46. The van der Waals surface area contributed by atoms with E-state index < -0.39 is 0 Å². The Morgan fingerprint density at radius 1 is 1.00 bits per heavy atom. The Labute approximate surface area is 191 Å². The molecule has 1 unspecified atom stereocenters. The molecule has 1 heterocycles. The molecule has 0 saturated heterocycles. The third-order valence-electron chi connectivity index (χ3n) is 5.22. The quantitative estimate of drug-likeness (QED) is 0.580.